The van der Waals surface area contributed by atoms with Crippen LogP contribution in [0, 0.1) is 6.92 Å². The molecule has 1 aliphatic rings. The molecule has 0 amide bonds. The molecule has 0 N–H and O–H groups in total. The van der Waals surface area contributed by atoms with Crippen LogP contribution in [-0.4, -0.2) is 12.2 Å². The highest BCUT2D eigenvalue weighted by Crippen LogP contribution is 2.33. The summed E-state index contributed by atoms with van der Waals surface area (Å²) in [4.78, 5) is 0. The van der Waals surface area contributed by atoms with E-state index in [1.165, 1.54) is 0 Å². The molecule has 1 fully saturated rings. The van der Waals surface area contributed by atoms with E-state index in [9.17, 15) is 0 Å². The Morgan fingerprint density at radius 3 is 2.43 bits per heavy atom. The van der Waals surface area contributed by atoms with Gasteiger partial charge in [-0.2, -0.15) is 0 Å². The standard InChI is InChI=1S/C6H11O/c1-3-6(4-2)5-7-6/h1,3-5H2,2H3. The van der Waals surface area contributed by atoms with Crippen LogP contribution >= 0.6 is 0 Å². The van der Waals surface area contributed by atoms with Gasteiger partial charge < -0.3 is 4.74 Å². The van der Waals surface area contributed by atoms with Gasteiger partial charge in [-0.1, -0.05) is 13.8 Å². The predicted molar refractivity (Wildman–Crippen MR) is 28.9 cm³/mol. The summed E-state index contributed by atoms with van der Waals surface area (Å²) in [5.41, 5.74) is 0.222. The van der Waals surface area contributed by atoms with Crippen LogP contribution in [0.15, 0.2) is 0 Å². The maximum Gasteiger partial charge on any atom is 0.0914 e. The molecule has 41 valence electrons. The summed E-state index contributed by atoms with van der Waals surface area (Å²) >= 11 is 0. The molecule has 1 rings (SSSR count). The van der Waals surface area contributed by atoms with Crippen molar-refractivity contribution in [1.29, 1.82) is 0 Å². The Morgan fingerprint density at radius 2 is 2.43 bits per heavy atom. The number of ether oxygens (including phenoxy) is 1. The van der Waals surface area contributed by atoms with Gasteiger partial charge in [0, 0.05) is 0 Å². The third-order valence-electron chi connectivity index (χ3n) is 1.65. The van der Waals surface area contributed by atoms with E-state index in [0.717, 1.165) is 19.4 Å². The Hall–Kier alpha value is -0.0400. The van der Waals surface area contributed by atoms with E-state index in [4.69, 9.17) is 4.74 Å². The van der Waals surface area contributed by atoms with E-state index in [-0.39, 0.29) is 5.60 Å². The van der Waals surface area contributed by atoms with Gasteiger partial charge >= 0.3 is 0 Å². The average molecular weight is 99.2 g/mol. The lowest BCUT2D eigenvalue weighted by Crippen LogP contribution is -2.05. The van der Waals surface area contributed by atoms with Crippen molar-refractivity contribution >= 4 is 0 Å². The largest absolute Gasteiger partial charge is 0.370 e. The van der Waals surface area contributed by atoms with Crippen LogP contribution in [0.2, 0.25) is 0 Å². The monoisotopic (exact) mass is 99.1 g/mol. The Kier molecular flexibility index (Phi) is 1.08. The van der Waals surface area contributed by atoms with Crippen molar-refractivity contribution in [3.05, 3.63) is 6.92 Å². The zero-order valence-electron chi connectivity index (χ0n) is 4.74. The Balaban J connectivity index is 2.28. The maximum atomic E-state index is 5.13. The van der Waals surface area contributed by atoms with Gasteiger partial charge in [0.25, 0.3) is 0 Å². The number of epoxide rings is 1. The highest BCUT2D eigenvalue weighted by molar-refractivity contribution is 4.90. The topological polar surface area (TPSA) is 12.5 Å². The second-order valence-electron chi connectivity index (χ2n) is 2.08. The fourth-order valence-corrected chi connectivity index (χ4v) is 0.627. The zero-order chi connectivity index (χ0) is 5.33. The zero-order valence-corrected chi connectivity index (χ0v) is 4.74. The minimum atomic E-state index is 0.222. The fourth-order valence-electron chi connectivity index (χ4n) is 0.627. The van der Waals surface area contributed by atoms with Gasteiger partial charge in [-0.25, -0.2) is 0 Å². The lowest BCUT2D eigenvalue weighted by molar-refractivity contribution is 0.297. The lowest BCUT2D eigenvalue weighted by Gasteiger charge is -2.00. The van der Waals surface area contributed by atoms with Crippen molar-refractivity contribution in [2.75, 3.05) is 6.61 Å². The van der Waals surface area contributed by atoms with Crippen LogP contribution in [-0.2, 0) is 4.74 Å². The molecule has 1 heteroatoms. The Morgan fingerprint density at radius 1 is 1.86 bits per heavy atom. The number of hydrogen-bond donors (Lipinski definition) is 0. The highest BCUT2D eigenvalue weighted by Gasteiger charge is 2.40. The summed E-state index contributed by atoms with van der Waals surface area (Å²) in [5, 5.41) is 0. The van der Waals surface area contributed by atoms with Gasteiger partial charge in [0.1, 0.15) is 0 Å². The highest BCUT2D eigenvalue weighted by atomic mass is 16.6. The first kappa shape index (κ1) is 5.10. The molecule has 0 aliphatic carbocycles. The summed E-state index contributed by atoms with van der Waals surface area (Å²) < 4.78 is 5.13. The molecule has 0 saturated carbocycles. The second kappa shape index (κ2) is 1.48. The molecule has 1 atom stereocenters. The van der Waals surface area contributed by atoms with E-state index in [2.05, 4.69) is 13.8 Å². The molecule has 0 aromatic rings. The number of rotatable bonds is 2. The molecule has 0 aromatic carbocycles. The SMILES string of the molecule is [CH2]CC1(CC)CO1. The molecule has 1 nitrogen and oxygen atoms in total. The molecule has 1 unspecified atom stereocenters. The molecule has 7 heavy (non-hydrogen) atoms. The van der Waals surface area contributed by atoms with Crippen LogP contribution < -0.4 is 0 Å². The molecule has 1 heterocycles. The first-order chi connectivity index (χ1) is 3.33. The van der Waals surface area contributed by atoms with Crippen molar-refractivity contribution in [2.24, 2.45) is 0 Å². The van der Waals surface area contributed by atoms with E-state index in [1.807, 2.05) is 0 Å². The van der Waals surface area contributed by atoms with Crippen molar-refractivity contribution in [1.82, 2.24) is 0 Å². The van der Waals surface area contributed by atoms with E-state index in [1.54, 1.807) is 0 Å². The van der Waals surface area contributed by atoms with Crippen LogP contribution in [0.5, 0.6) is 0 Å². The fraction of sp³-hybridized carbons (Fsp3) is 0.833. The first-order valence-electron chi connectivity index (χ1n) is 2.76. The Bertz CT molecular complexity index is 58.6. The van der Waals surface area contributed by atoms with Crippen molar-refractivity contribution in [3.8, 4) is 0 Å². The van der Waals surface area contributed by atoms with E-state index >= 15 is 0 Å². The maximum absolute atomic E-state index is 5.13. The normalized spacial score (nSPS) is 24.9. The summed E-state index contributed by atoms with van der Waals surface area (Å²) in [6.07, 6.45) is 2.06. The third-order valence-corrected chi connectivity index (χ3v) is 1.65. The smallest absolute Gasteiger partial charge is 0.0914 e. The molecule has 0 aromatic heterocycles. The van der Waals surface area contributed by atoms with Gasteiger partial charge in [0.15, 0.2) is 0 Å². The first-order valence-corrected chi connectivity index (χ1v) is 2.76. The lowest BCUT2D eigenvalue weighted by atomic mass is 10.1. The van der Waals surface area contributed by atoms with Crippen LogP contribution in [0.1, 0.15) is 19.8 Å². The van der Waals surface area contributed by atoms with E-state index < -0.39 is 0 Å². The molecule has 0 spiro atoms. The summed E-state index contributed by atoms with van der Waals surface area (Å²) in [5.74, 6) is 0. The van der Waals surface area contributed by atoms with Crippen LogP contribution in [0.3, 0.4) is 0 Å². The van der Waals surface area contributed by atoms with Gasteiger partial charge in [-0.3, -0.25) is 0 Å². The van der Waals surface area contributed by atoms with Crippen molar-refractivity contribution in [2.45, 2.75) is 25.4 Å². The molecular weight excluding hydrogens is 88.1 g/mol. The average Bonchev–Trinajstić information content (AvgIpc) is 2.46. The quantitative estimate of drug-likeness (QED) is 0.476. The molecule has 1 saturated heterocycles. The molecule has 1 aliphatic heterocycles. The van der Waals surface area contributed by atoms with Crippen molar-refractivity contribution in [3.63, 3.8) is 0 Å². The van der Waals surface area contributed by atoms with Crippen LogP contribution in [0.4, 0.5) is 0 Å². The van der Waals surface area contributed by atoms with Gasteiger partial charge in [-0.05, 0) is 12.8 Å². The summed E-state index contributed by atoms with van der Waals surface area (Å²) in [6.45, 7) is 6.84. The minimum Gasteiger partial charge on any atom is -0.370 e. The predicted octanol–water partition coefficient (Wildman–Crippen LogP) is 1.39. The number of hydrogen-bond acceptors (Lipinski definition) is 1. The van der Waals surface area contributed by atoms with Gasteiger partial charge in [0.05, 0.1) is 12.2 Å². The summed E-state index contributed by atoms with van der Waals surface area (Å²) in [6, 6.07) is 0. The molecule has 0 bridgehead atoms. The molecule has 1 radical (unpaired) electrons. The van der Waals surface area contributed by atoms with Crippen molar-refractivity contribution < 1.29 is 4.74 Å². The van der Waals surface area contributed by atoms with Gasteiger partial charge in [0.2, 0.25) is 0 Å². The van der Waals surface area contributed by atoms with E-state index in [0.29, 0.717) is 0 Å². The summed E-state index contributed by atoms with van der Waals surface area (Å²) in [7, 11) is 0. The third kappa shape index (κ3) is 0.778. The minimum absolute atomic E-state index is 0.222. The second-order valence-corrected chi connectivity index (χ2v) is 2.08. The van der Waals surface area contributed by atoms with Gasteiger partial charge in [-0.15, -0.1) is 0 Å². The molecular formula is C6H11O. The van der Waals surface area contributed by atoms with Crippen LogP contribution in [0.25, 0.3) is 0 Å². The Labute approximate surface area is 44.7 Å².